The number of aromatic nitrogens is 8. The molecule has 0 radical (unpaired) electrons. The zero-order valence-corrected chi connectivity index (χ0v) is 24.7. The molecular formula is C35H30N8O2. The van der Waals surface area contributed by atoms with Crippen molar-refractivity contribution >= 4 is 11.2 Å². The molecule has 0 saturated heterocycles. The molecule has 3 heterocycles. The Morgan fingerprint density at radius 3 is 2.07 bits per heavy atom. The minimum Gasteiger partial charge on any atom is -0.318 e. The van der Waals surface area contributed by atoms with E-state index in [1.165, 1.54) is 4.57 Å². The van der Waals surface area contributed by atoms with E-state index in [2.05, 4.69) is 46.7 Å². The molecule has 0 N–H and O–H groups in total. The highest BCUT2D eigenvalue weighted by molar-refractivity contribution is 5.75. The molecule has 0 atom stereocenters. The molecule has 10 nitrogen and oxygen atoms in total. The molecular weight excluding hydrogens is 564 g/mol. The lowest BCUT2D eigenvalue weighted by molar-refractivity contribution is 0.687. The topological polar surface area (TPSA) is 105 Å². The minimum absolute atomic E-state index is 0.362. The van der Waals surface area contributed by atoms with Gasteiger partial charge in [0.1, 0.15) is 12.2 Å². The normalized spacial score (nSPS) is 11.3. The summed E-state index contributed by atoms with van der Waals surface area (Å²) >= 11 is 0. The molecule has 0 spiro atoms. The van der Waals surface area contributed by atoms with E-state index in [4.69, 9.17) is 4.98 Å². The van der Waals surface area contributed by atoms with Crippen LogP contribution in [0.2, 0.25) is 0 Å². The fourth-order valence-electron chi connectivity index (χ4n) is 5.71. The number of rotatable bonds is 9. The SMILES string of the molecule is CCCCc1nc2c(c(=O)n(-c3ccccc3)c(=O)n2-c2ccccc2)n1Cc1ccc(-c2ccccc2-n2cnnn2)cc1. The van der Waals surface area contributed by atoms with E-state index in [9.17, 15) is 9.59 Å². The number of nitrogens with zero attached hydrogens (tertiary/aromatic N) is 8. The van der Waals surface area contributed by atoms with Crippen LogP contribution in [0.1, 0.15) is 31.2 Å². The van der Waals surface area contributed by atoms with Crippen LogP contribution in [0.5, 0.6) is 0 Å². The van der Waals surface area contributed by atoms with Gasteiger partial charge in [0.25, 0.3) is 5.56 Å². The molecule has 0 unspecified atom stereocenters. The Hall–Kier alpha value is -5.90. The van der Waals surface area contributed by atoms with Gasteiger partial charge in [-0.2, -0.15) is 4.68 Å². The van der Waals surface area contributed by atoms with Crippen molar-refractivity contribution in [1.29, 1.82) is 0 Å². The van der Waals surface area contributed by atoms with Crippen molar-refractivity contribution in [3.63, 3.8) is 0 Å². The molecule has 0 aliphatic rings. The third kappa shape index (κ3) is 5.16. The number of benzene rings is 4. The van der Waals surface area contributed by atoms with E-state index in [-0.39, 0.29) is 0 Å². The van der Waals surface area contributed by atoms with Gasteiger partial charge in [-0.1, -0.05) is 92.2 Å². The molecule has 3 aromatic heterocycles. The standard InChI is InChI=1S/C35H30N8O2/c1-2-3-18-31-37-33-32(34(44)43(28-14-8-5-9-15-28)35(45)42(33)27-12-6-4-7-13-27)40(31)23-25-19-21-26(22-20-25)29-16-10-11-17-30(29)41-24-36-38-39-41/h4-17,19-22,24H,2-3,18,23H2,1H3. The first-order valence-corrected chi connectivity index (χ1v) is 14.9. The van der Waals surface area contributed by atoms with Crippen molar-refractivity contribution in [3.05, 3.63) is 148 Å². The lowest BCUT2D eigenvalue weighted by atomic mass is 10.0. The summed E-state index contributed by atoms with van der Waals surface area (Å²) in [6, 6.07) is 34.6. The summed E-state index contributed by atoms with van der Waals surface area (Å²) < 4.78 is 6.42. The Kier molecular flexibility index (Phi) is 7.44. The zero-order valence-electron chi connectivity index (χ0n) is 24.7. The van der Waals surface area contributed by atoms with Gasteiger partial charge in [0.05, 0.1) is 17.1 Å². The van der Waals surface area contributed by atoms with Gasteiger partial charge in [-0.25, -0.2) is 18.9 Å². The maximum Gasteiger partial charge on any atom is 0.342 e. The van der Waals surface area contributed by atoms with Gasteiger partial charge in [-0.05, 0) is 58.3 Å². The Balaban J connectivity index is 1.39. The number of para-hydroxylation sites is 3. The van der Waals surface area contributed by atoms with Crippen molar-refractivity contribution < 1.29 is 0 Å². The predicted octanol–water partition coefficient (Wildman–Crippen LogP) is 5.37. The van der Waals surface area contributed by atoms with E-state index in [0.29, 0.717) is 35.5 Å². The molecule has 0 fully saturated rings. The number of hydrogen-bond donors (Lipinski definition) is 0. The average molecular weight is 595 g/mol. The zero-order chi connectivity index (χ0) is 30.8. The molecule has 7 aromatic rings. The number of imidazole rings is 1. The minimum atomic E-state index is -0.456. The Bertz CT molecular complexity index is 2200. The molecule has 45 heavy (non-hydrogen) atoms. The highest BCUT2D eigenvalue weighted by Gasteiger charge is 2.23. The van der Waals surface area contributed by atoms with Crippen molar-refractivity contribution in [2.24, 2.45) is 0 Å². The Morgan fingerprint density at radius 1 is 0.733 bits per heavy atom. The van der Waals surface area contributed by atoms with E-state index in [0.717, 1.165) is 41.0 Å². The first-order valence-electron chi connectivity index (χ1n) is 14.9. The summed E-state index contributed by atoms with van der Waals surface area (Å²) in [5.41, 5.74) is 4.93. The van der Waals surface area contributed by atoms with Gasteiger partial charge in [-0.3, -0.25) is 4.79 Å². The van der Waals surface area contributed by atoms with Crippen LogP contribution in [-0.4, -0.2) is 38.9 Å². The summed E-state index contributed by atoms with van der Waals surface area (Å²) in [5.74, 6) is 0.770. The van der Waals surface area contributed by atoms with Crippen molar-refractivity contribution in [2.45, 2.75) is 32.7 Å². The van der Waals surface area contributed by atoms with E-state index >= 15 is 0 Å². The number of fused-ring (bicyclic) bond motifs is 1. The number of tetrazole rings is 1. The van der Waals surface area contributed by atoms with E-state index in [1.807, 2.05) is 77.4 Å². The third-order valence-electron chi connectivity index (χ3n) is 7.92. The lowest BCUT2D eigenvalue weighted by Crippen LogP contribution is -2.39. The van der Waals surface area contributed by atoms with Gasteiger partial charge >= 0.3 is 5.69 Å². The fourth-order valence-corrected chi connectivity index (χ4v) is 5.71. The average Bonchev–Trinajstić information content (AvgIpc) is 3.74. The first kappa shape index (κ1) is 27.9. The van der Waals surface area contributed by atoms with Crippen LogP contribution in [0.4, 0.5) is 0 Å². The molecule has 0 saturated carbocycles. The van der Waals surface area contributed by atoms with Crippen LogP contribution in [0.15, 0.2) is 125 Å². The second kappa shape index (κ2) is 12.0. The van der Waals surface area contributed by atoms with E-state index in [1.54, 1.807) is 27.7 Å². The predicted molar refractivity (Wildman–Crippen MR) is 173 cm³/mol. The molecule has 7 rings (SSSR count). The highest BCUT2D eigenvalue weighted by atomic mass is 16.2. The third-order valence-corrected chi connectivity index (χ3v) is 7.92. The second-order valence-corrected chi connectivity index (χ2v) is 10.8. The number of unbranched alkanes of at least 4 members (excludes halogenated alkanes) is 1. The monoisotopic (exact) mass is 594 g/mol. The highest BCUT2D eigenvalue weighted by Crippen LogP contribution is 2.27. The number of aryl methyl sites for hydroxylation is 1. The van der Waals surface area contributed by atoms with Crippen LogP contribution in [0.3, 0.4) is 0 Å². The largest absolute Gasteiger partial charge is 0.342 e. The second-order valence-electron chi connectivity index (χ2n) is 10.8. The summed E-state index contributed by atoms with van der Waals surface area (Å²) in [7, 11) is 0. The van der Waals surface area contributed by atoms with Gasteiger partial charge in [-0.15, -0.1) is 5.10 Å². The smallest absolute Gasteiger partial charge is 0.318 e. The van der Waals surface area contributed by atoms with Crippen LogP contribution in [0.25, 0.3) is 39.4 Å². The van der Waals surface area contributed by atoms with Crippen LogP contribution < -0.4 is 11.2 Å². The van der Waals surface area contributed by atoms with Crippen molar-refractivity contribution in [2.75, 3.05) is 0 Å². The molecule has 0 amide bonds. The molecule has 10 heteroatoms. The fraction of sp³-hybridized carbons (Fsp3) is 0.143. The lowest BCUT2D eigenvalue weighted by Gasteiger charge is -2.14. The van der Waals surface area contributed by atoms with Crippen LogP contribution in [-0.2, 0) is 13.0 Å². The van der Waals surface area contributed by atoms with E-state index < -0.39 is 11.2 Å². The number of hydrogen-bond acceptors (Lipinski definition) is 6. The molecule has 0 bridgehead atoms. The van der Waals surface area contributed by atoms with Crippen LogP contribution >= 0.6 is 0 Å². The quantitative estimate of drug-likeness (QED) is 0.223. The summed E-state index contributed by atoms with van der Waals surface area (Å²) in [6.07, 6.45) is 4.12. The first-order chi connectivity index (χ1) is 22.1. The van der Waals surface area contributed by atoms with Gasteiger partial charge in [0, 0.05) is 18.5 Å². The van der Waals surface area contributed by atoms with Gasteiger partial charge in [0.15, 0.2) is 11.2 Å². The summed E-state index contributed by atoms with van der Waals surface area (Å²) in [5, 5.41) is 11.6. The molecule has 222 valence electrons. The van der Waals surface area contributed by atoms with Crippen molar-refractivity contribution in [3.8, 4) is 28.2 Å². The Labute approximate surface area is 258 Å². The molecule has 0 aliphatic heterocycles. The van der Waals surface area contributed by atoms with Crippen molar-refractivity contribution in [1.82, 2.24) is 38.9 Å². The molecule has 4 aromatic carbocycles. The maximum atomic E-state index is 14.3. The molecule has 0 aliphatic carbocycles. The van der Waals surface area contributed by atoms with Gasteiger partial charge < -0.3 is 4.57 Å². The van der Waals surface area contributed by atoms with Gasteiger partial charge in [0.2, 0.25) is 0 Å². The summed E-state index contributed by atoms with van der Waals surface area (Å²) in [4.78, 5) is 33.3. The Morgan fingerprint density at radius 2 is 1.40 bits per heavy atom. The summed E-state index contributed by atoms with van der Waals surface area (Å²) in [6.45, 7) is 2.54. The van der Waals surface area contributed by atoms with Crippen LogP contribution in [0, 0.1) is 0 Å². The maximum absolute atomic E-state index is 14.3.